The number of aryl methyl sites for hydroxylation is 1. The number of halogens is 3. The van der Waals surface area contributed by atoms with E-state index in [1.54, 1.807) is 50.2 Å². The third-order valence-corrected chi connectivity index (χ3v) is 7.71. The monoisotopic (exact) mass is 561 g/mol. The topological polar surface area (TPSA) is 86.8 Å². The number of rotatable bonds is 10. The Bertz CT molecular complexity index is 1190. The van der Waals surface area contributed by atoms with Gasteiger partial charge in [-0.1, -0.05) is 47.8 Å². The number of anilines is 1. The molecule has 7 nitrogen and oxygen atoms in total. The van der Waals surface area contributed by atoms with E-state index >= 15 is 0 Å². The Morgan fingerprint density at radius 2 is 1.69 bits per heavy atom. The number of hydrogen-bond acceptors (Lipinski definition) is 4. The van der Waals surface area contributed by atoms with Crippen molar-refractivity contribution in [1.29, 1.82) is 0 Å². The van der Waals surface area contributed by atoms with E-state index in [1.807, 2.05) is 13.8 Å². The second-order valence-electron chi connectivity index (χ2n) is 8.46. The SMILES string of the molecule is CCC(C)NC(=O)C(C)N(Cc1ccc(Cl)c(Cl)c1)C(=O)CN(c1ccc(Cl)cc1C)S(C)(=O)=O. The van der Waals surface area contributed by atoms with Crippen molar-refractivity contribution in [3.8, 4) is 0 Å². The van der Waals surface area contributed by atoms with Gasteiger partial charge in [0.15, 0.2) is 0 Å². The van der Waals surface area contributed by atoms with Crippen LogP contribution in [0.3, 0.4) is 0 Å². The Hall–Kier alpha value is -2.00. The summed E-state index contributed by atoms with van der Waals surface area (Å²) in [4.78, 5) is 27.8. The van der Waals surface area contributed by atoms with Crippen LogP contribution in [0.1, 0.15) is 38.3 Å². The molecule has 192 valence electrons. The molecule has 35 heavy (non-hydrogen) atoms. The van der Waals surface area contributed by atoms with E-state index < -0.39 is 28.5 Å². The minimum absolute atomic E-state index is 0.0298. The van der Waals surface area contributed by atoms with Gasteiger partial charge in [-0.15, -0.1) is 0 Å². The van der Waals surface area contributed by atoms with Crippen molar-refractivity contribution in [2.75, 3.05) is 17.1 Å². The van der Waals surface area contributed by atoms with Crippen molar-refractivity contribution in [1.82, 2.24) is 10.2 Å². The average Bonchev–Trinajstić information content (AvgIpc) is 2.77. The van der Waals surface area contributed by atoms with E-state index in [1.165, 1.54) is 4.90 Å². The maximum absolute atomic E-state index is 13.6. The second-order valence-corrected chi connectivity index (χ2v) is 11.6. The van der Waals surface area contributed by atoms with Crippen molar-refractivity contribution in [3.63, 3.8) is 0 Å². The van der Waals surface area contributed by atoms with Gasteiger partial charge in [-0.05, 0) is 68.7 Å². The zero-order valence-corrected chi connectivity index (χ0v) is 23.4. The summed E-state index contributed by atoms with van der Waals surface area (Å²) in [7, 11) is -3.83. The van der Waals surface area contributed by atoms with Crippen LogP contribution in [0.2, 0.25) is 15.1 Å². The molecule has 0 saturated carbocycles. The van der Waals surface area contributed by atoms with Crippen LogP contribution in [0.4, 0.5) is 5.69 Å². The van der Waals surface area contributed by atoms with Crippen molar-refractivity contribution in [2.45, 2.75) is 52.7 Å². The highest BCUT2D eigenvalue weighted by atomic mass is 35.5. The lowest BCUT2D eigenvalue weighted by atomic mass is 10.1. The number of carbonyl (C=O) groups is 2. The fourth-order valence-electron chi connectivity index (χ4n) is 3.38. The van der Waals surface area contributed by atoms with E-state index in [0.29, 0.717) is 31.9 Å². The first-order chi connectivity index (χ1) is 16.2. The zero-order chi connectivity index (χ0) is 26.5. The van der Waals surface area contributed by atoms with E-state index in [4.69, 9.17) is 34.8 Å². The average molecular weight is 563 g/mol. The number of nitrogens with one attached hydrogen (secondary N) is 1. The van der Waals surface area contributed by atoms with Gasteiger partial charge in [0.05, 0.1) is 22.0 Å². The largest absolute Gasteiger partial charge is 0.352 e. The molecule has 0 aliphatic carbocycles. The van der Waals surface area contributed by atoms with Gasteiger partial charge >= 0.3 is 0 Å². The van der Waals surface area contributed by atoms with Gasteiger partial charge in [-0.2, -0.15) is 0 Å². The molecule has 0 fully saturated rings. The first kappa shape index (κ1) is 29.2. The van der Waals surface area contributed by atoms with Gasteiger partial charge in [0.2, 0.25) is 21.8 Å². The Kier molecular flexibility index (Phi) is 10.3. The smallest absolute Gasteiger partial charge is 0.244 e. The molecule has 11 heteroatoms. The van der Waals surface area contributed by atoms with Crippen LogP contribution in [0.15, 0.2) is 36.4 Å². The number of hydrogen-bond donors (Lipinski definition) is 1. The van der Waals surface area contributed by atoms with Crippen LogP contribution < -0.4 is 9.62 Å². The van der Waals surface area contributed by atoms with Crippen molar-refractivity contribution in [3.05, 3.63) is 62.6 Å². The predicted octanol–water partition coefficient (Wildman–Crippen LogP) is 5.05. The van der Waals surface area contributed by atoms with Gasteiger partial charge in [-0.3, -0.25) is 13.9 Å². The van der Waals surface area contributed by atoms with Crippen LogP contribution in [-0.2, 0) is 26.2 Å². The van der Waals surface area contributed by atoms with Crippen LogP contribution >= 0.6 is 34.8 Å². The van der Waals surface area contributed by atoms with E-state index in [0.717, 1.165) is 17.0 Å². The fraction of sp³-hybridized carbons (Fsp3) is 0.417. The summed E-state index contributed by atoms with van der Waals surface area (Å²) in [6, 6.07) is 8.68. The lowest BCUT2D eigenvalue weighted by Gasteiger charge is -2.32. The molecule has 2 rings (SSSR count). The van der Waals surface area contributed by atoms with Gasteiger partial charge in [0.25, 0.3) is 0 Å². The minimum atomic E-state index is -3.83. The number of sulfonamides is 1. The van der Waals surface area contributed by atoms with Crippen molar-refractivity contribution in [2.24, 2.45) is 0 Å². The quantitative estimate of drug-likeness (QED) is 0.439. The van der Waals surface area contributed by atoms with Crippen molar-refractivity contribution >= 4 is 62.3 Å². The minimum Gasteiger partial charge on any atom is -0.352 e. The van der Waals surface area contributed by atoms with Crippen LogP contribution in [-0.4, -0.2) is 50.0 Å². The second kappa shape index (κ2) is 12.3. The van der Waals surface area contributed by atoms with Crippen LogP contribution in [0.25, 0.3) is 0 Å². The molecule has 0 saturated heterocycles. The van der Waals surface area contributed by atoms with E-state index in [9.17, 15) is 18.0 Å². The molecule has 0 spiro atoms. The summed E-state index contributed by atoms with van der Waals surface area (Å²) in [6.45, 7) is 6.65. The molecule has 2 aromatic rings. The van der Waals surface area contributed by atoms with Gasteiger partial charge < -0.3 is 10.2 Å². The molecular formula is C24H30Cl3N3O4S. The predicted molar refractivity (Wildman–Crippen MR) is 143 cm³/mol. The molecular weight excluding hydrogens is 533 g/mol. The van der Waals surface area contributed by atoms with Gasteiger partial charge in [0.1, 0.15) is 12.6 Å². The zero-order valence-electron chi connectivity index (χ0n) is 20.3. The molecule has 0 bridgehead atoms. The highest BCUT2D eigenvalue weighted by Crippen LogP contribution is 2.27. The normalized spacial score (nSPS) is 13.1. The maximum atomic E-state index is 13.6. The summed E-state index contributed by atoms with van der Waals surface area (Å²) in [5.41, 5.74) is 1.57. The Labute approximate surface area is 222 Å². The lowest BCUT2D eigenvalue weighted by Crippen LogP contribution is -2.52. The number of carbonyl (C=O) groups excluding carboxylic acids is 2. The van der Waals surface area contributed by atoms with Gasteiger partial charge in [-0.25, -0.2) is 8.42 Å². The molecule has 2 amide bonds. The molecule has 2 unspecified atom stereocenters. The van der Waals surface area contributed by atoms with E-state index in [2.05, 4.69) is 5.32 Å². The Morgan fingerprint density at radius 1 is 1.03 bits per heavy atom. The molecule has 0 radical (unpaired) electrons. The standard InChI is InChI=1S/C24H30Cl3N3O4S/c1-6-16(3)28-24(32)17(4)29(13-18-7-9-20(26)21(27)12-18)23(31)14-30(35(5,33)34)22-10-8-19(25)11-15(22)2/h7-12,16-17H,6,13-14H2,1-5H3,(H,28,32). The number of benzene rings is 2. The molecule has 2 atom stereocenters. The molecule has 0 heterocycles. The number of amides is 2. The lowest BCUT2D eigenvalue weighted by molar-refractivity contribution is -0.139. The highest BCUT2D eigenvalue weighted by Gasteiger charge is 2.31. The molecule has 1 N–H and O–H groups in total. The first-order valence-corrected chi connectivity index (χ1v) is 14.0. The van der Waals surface area contributed by atoms with Crippen LogP contribution in [0, 0.1) is 6.92 Å². The van der Waals surface area contributed by atoms with Crippen molar-refractivity contribution < 1.29 is 18.0 Å². The highest BCUT2D eigenvalue weighted by molar-refractivity contribution is 7.92. The third kappa shape index (κ3) is 8.00. The summed E-state index contributed by atoms with van der Waals surface area (Å²) < 4.78 is 26.3. The summed E-state index contributed by atoms with van der Waals surface area (Å²) in [5, 5.41) is 3.99. The first-order valence-electron chi connectivity index (χ1n) is 11.0. The molecule has 2 aromatic carbocycles. The third-order valence-electron chi connectivity index (χ3n) is 5.61. The van der Waals surface area contributed by atoms with Gasteiger partial charge in [0, 0.05) is 17.6 Å². The molecule has 0 aliphatic rings. The summed E-state index contributed by atoms with van der Waals surface area (Å²) in [6.07, 6.45) is 1.74. The fourth-order valence-corrected chi connectivity index (χ4v) is 4.83. The summed E-state index contributed by atoms with van der Waals surface area (Å²) >= 11 is 18.2. The Balaban J connectivity index is 2.44. The molecule has 0 aliphatic heterocycles. The number of nitrogens with zero attached hydrogens (tertiary/aromatic N) is 2. The Morgan fingerprint density at radius 3 is 2.23 bits per heavy atom. The summed E-state index contributed by atoms with van der Waals surface area (Å²) in [5.74, 6) is -0.899. The maximum Gasteiger partial charge on any atom is 0.244 e. The molecule has 0 aromatic heterocycles. The van der Waals surface area contributed by atoms with E-state index in [-0.39, 0.29) is 18.5 Å². The van der Waals surface area contributed by atoms with Crippen LogP contribution in [0.5, 0.6) is 0 Å².